The van der Waals surface area contributed by atoms with E-state index in [1.165, 1.54) is 18.4 Å². The van der Waals surface area contributed by atoms with Crippen LogP contribution in [0.15, 0.2) is 24.3 Å². The Bertz CT molecular complexity index is 447. The van der Waals surface area contributed by atoms with Gasteiger partial charge >= 0.3 is 0 Å². The van der Waals surface area contributed by atoms with Gasteiger partial charge in [-0.2, -0.15) is 0 Å². The minimum atomic E-state index is -0.392. The predicted octanol–water partition coefficient (Wildman–Crippen LogP) is 4.18. The molecule has 2 nitrogen and oxygen atoms in total. The molecule has 118 valence electrons. The Balaban J connectivity index is 2.26. The molecule has 1 atom stereocenters. The minimum absolute atomic E-state index is 0.0999. The van der Waals surface area contributed by atoms with Gasteiger partial charge in [0.15, 0.2) is 0 Å². The highest BCUT2D eigenvalue weighted by atomic mass is 16.3. The normalized spacial score (nSPS) is 27.8. The highest BCUT2D eigenvalue weighted by Crippen LogP contribution is 2.43. The summed E-state index contributed by atoms with van der Waals surface area (Å²) in [7, 11) is 4.24. The lowest BCUT2D eigenvalue weighted by molar-refractivity contribution is -0.0408. The van der Waals surface area contributed by atoms with Crippen LogP contribution in [0, 0.1) is 5.92 Å². The fourth-order valence-corrected chi connectivity index (χ4v) is 3.74. The number of aliphatic hydroxyl groups excluding tert-OH is 1. The fourth-order valence-electron chi connectivity index (χ4n) is 3.74. The molecule has 1 fully saturated rings. The number of benzene rings is 1. The van der Waals surface area contributed by atoms with E-state index in [1.807, 2.05) is 0 Å². The lowest BCUT2D eigenvalue weighted by Crippen LogP contribution is -2.51. The molecule has 0 saturated heterocycles. The van der Waals surface area contributed by atoms with E-state index in [0.717, 1.165) is 37.2 Å². The quantitative estimate of drug-likeness (QED) is 0.879. The minimum Gasteiger partial charge on any atom is -0.386 e. The summed E-state index contributed by atoms with van der Waals surface area (Å²) in [6, 6.07) is 8.56. The van der Waals surface area contributed by atoms with E-state index >= 15 is 0 Å². The number of likely N-dealkylation sites (N-methyl/N-ethyl adjacent to an activating group) is 1. The Labute approximate surface area is 130 Å². The van der Waals surface area contributed by atoms with Crippen molar-refractivity contribution in [3.05, 3.63) is 35.4 Å². The van der Waals surface area contributed by atoms with Crippen molar-refractivity contribution >= 4 is 0 Å². The standard InChI is InChI=1S/C19H31NO/c1-5-7-16-8-6-9-17(14-16)18(21)19(20(3)4)12-10-15(2)11-13-19/h6,8-9,14-15,18,21H,5,7,10-13H2,1-4H3. The molecule has 1 aliphatic carbocycles. The van der Waals surface area contributed by atoms with Gasteiger partial charge in [0.25, 0.3) is 0 Å². The molecule has 1 aromatic carbocycles. The summed E-state index contributed by atoms with van der Waals surface area (Å²) in [5, 5.41) is 11.1. The van der Waals surface area contributed by atoms with Gasteiger partial charge in [0.1, 0.15) is 0 Å². The number of aryl methyl sites for hydroxylation is 1. The first-order valence-corrected chi connectivity index (χ1v) is 8.44. The smallest absolute Gasteiger partial charge is 0.0973 e. The van der Waals surface area contributed by atoms with Crippen LogP contribution in [0.5, 0.6) is 0 Å². The molecule has 0 bridgehead atoms. The Kier molecular flexibility index (Phi) is 5.45. The van der Waals surface area contributed by atoms with Crippen LogP contribution < -0.4 is 0 Å². The van der Waals surface area contributed by atoms with E-state index in [9.17, 15) is 5.11 Å². The van der Waals surface area contributed by atoms with Gasteiger partial charge in [0.05, 0.1) is 11.6 Å². The highest BCUT2D eigenvalue weighted by Gasteiger charge is 2.43. The van der Waals surface area contributed by atoms with Gasteiger partial charge in [-0.3, -0.25) is 0 Å². The Morgan fingerprint density at radius 1 is 1.29 bits per heavy atom. The molecule has 1 unspecified atom stereocenters. The molecule has 2 rings (SSSR count). The number of aliphatic hydroxyl groups is 1. The summed E-state index contributed by atoms with van der Waals surface area (Å²) < 4.78 is 0. The number of hydrogen-bond donors (Lipinski definition) is 1. The second-order valence-corrected chi connectivity index (χ2v) is 7.08. The summed E-state index contributed by atoms with van der Waals surface area (Å²) in [5.41, 5.74) is 2.33. The van der Waals surface area contributed by atoms with E-state index in [4.69, 9.17) is 0 Å². The molecule has 1 aromatic rings. The lowest BCUT2D eigenvalue weighted by Gasteiger charge is -2.48. The maximum Gasteiger partial charge on any atom is 0.0973 e. The van der Waals surface area contributed by atoms with Gasteiger partial charge in [-0.1, -0.05) is 44.5 Å². The first kappa shape index (κ1) is 16.5. The van der Waals surface area contributed by atoms with Crippen LogP contribution in [0.2, 0.25) is 0 Å². The van der Waals surface area contributed by atoms with Crippen LogP contribution in [-0.2, 0) is 6.42 Å². The number of hydrogen-bond acceptors (Lipinski definition) is 2. The van der Waals surface area contributed by atoms with Crippen LogP contribution in [0.4, 0.5) is 0 Å². The van der Waals surface area contributed by atoms with Crippen molar-refractivity contribution in [1.29, 1.82) is 0 Å². The summed E-state index contributed by atoms with van der Waals surface area (Å²) in [6.45, 7) is 4.53. The van der Waals surface area contributed by atoms with Crippen molar-refractivity contribution in [3.8, 4) is 0 Å². The molecule has 1 aliphatic rings. The van der Waals surface area contributed by atoms with Crippen molar-refractivity contribution in [1.82, 2.24) is 4.90 Å². The fraction of sp³-hybridized carbons (Fsp3) is 0.684. The molecule has 0 amide bonds. The van der Waals surface area contributed by atoms with Crippen LogP contribution in [0.25, 0.3) is 0 Å². The van der Waals surface area contributed by atoms with E-state index in [1.54, 1.807) is 0 Å². The maximum atomic E-state index is 11.1. The molecular weight excluding hydrogens is 258 g/mol. The molecule has 1 N–H and O–H groups in total. The topological polar surface area (TPSA) is 23.5 Å². The van der Waals surface area contributed by atoms with Gasteiger partial charge in [-0.25, -0.2) is 0 Å². The average Bonchev–Trinajstić information content (AvgIpc) is 2.48. The third-order valence-electron chi connectivity index (χ3n) is 5.35. The molecule has 0 radical (unpaired) electrons. The van der Waals surface area contributed by atoms with Crippen LogP contribution in [0.3, 0.4) is 0 Å². The van der Waals surface area contributed by atoms with Crippen molar-refractivity contribution < 1.29 is 5.11 Å². The third kappa shape index (κ3) is 3.49. The molecule has 0 heterocycles. The Morgan fingerprint density at radius 2 is 1.95 bits per heavy atom. The molecule has 0 spiro atoms. The third-order valence-corrected chi connectivity index (χ3v) is 5.35. The second-order valence-electron chi connectivity index (χ2n) is 7.08. The van der Waals surface area contributed by atoms with E-state index < -0.39 is 6.10 Å². The van der Waals surface area contributed by atoms with Crippen molar-refractivity contribution in [3.63, 3.8) is 0 Å². The summed E-state index contributed by atoms with van der Waals surface area (Å²) in [4.78, 5) is 2.26. The Hall–Kier alpha value is -0.860. The van der Waals surface area contributed by atoms with Gasteiger partial charge in [-0.05, 0) is 63.2 Å². The first-order chi connectivity index (χ1) is 9.99. The summed E-state index contributed by atoms with van der Waals surface area (Å²) in [5.74, 6) is 0.789. The van der Waals surface area contributed by atoms with Crippen LogP contribution in [-0.4, -0.2) is 29.6 Å². The highest BCUT2D eigenvalue weighted by molar-refractivity contribution is 5.28. The molecular formula is C19H31NO. The molecule has 21 heavy (non-hydrogen) atoms. The van der Waals surface area contributed by atoms with Gasteiger partial charge in [0.2, 0.25) is 0 Å². The predicted molar refractivity (Wildman–Crippen MR) is 89.4 cm³/mol. The zero-order chi connectivity index (χ0) is 15.5. The largest absolute Gasteiger partial charge is 0.386 e. The summed E-state index contributed by atoms with van der Waals surface area (Å²) in [6.07, 6.45) is 6.44. The zero-order valence-electron chi connectivity index (χ0n) is 14.1. The monoisotopic (exact) mass is 289 g/mol. The van der Waals surface area contributed by atoms with Crippen molar-refractivity contribution in [2.45, 2.75) is 64.0 Å². The maximum absolute atomic E-state index is 11.1. The second kappa shape index (κ2) is 6.93. The summed E-state index contributed by atoms with van der Waals surface area (Å²) >= 11 is 0. The van der Waals surface area contributed by atoms with E-state index in [2.05, 4.69) is 57.1 Å². The average molecular weight is 289 g/mol. The van der Waals surface area contributed by atoms with E-state index in [-0.39, 0.29) is 5.54 Å². The van der Waals surface area contributed by atoms with Crippen LogP contribution >= 0.6 is 0 Å². The molecule has 0 aliphatic heterocycles. The number of nitrogens with zero attached hydrogens (tertiary/aromatic N) is 1. The number of rotatable bonds is 5. The Morgan fingerprint density at radius 3 is 2.52 bits per heavy atom. The zero-order valence-corrected chi connectivity index (χ0v) is 14.1. The van der Waals surface area contributed by atoms with E-state index in [0.29, 0.717) is 0 Å². The molecule has 2 heteroatoms. The molecule has 1 saturated carbocycles. The van der Waals surface area contributed by atoms with Gasteiger partial charge in [-0.15, -0.1) is 0 Å². The van der Waals surface area contributed by atoms with Crippen LogP contribution in [0.1, 0.15) is 63.2 Å². The SMILES string of the molecule is CCCc1cccc(C(O)C2(N(C)C)CCC(C)CC2)c1. The van der Waals surface area contributed by atoms with Gasteiger partial charge in [0, 0.05) is 0 Å². The lowest BCUT2D eigenvalue weighted by atomic mass is 9.71. The van der Waals surface area contributed by atoms with Crippen molar-refractivity contribution in [2.24, 2.45) is 5.92 Å². The van der Waals surface area contributed by atoms with Gasteiger partial charge < -0.3 is 10.0 Å². The first-order valence-electron chi connectivity index (χ1n) is 8.44. The molecule has 0 aromatic heterocycles. The van der Waals surface area contributed by atoms with Crippen molar-refractivity contribution in [2.75, 3.05) is 14.1 Å².